The number of amides is 1. The normalized spacial score (nSPS) is 11.4. The summed E-state index contributed by atoms with van der Waals surface area (Å²) in [5.74, 6) is 0.205. The maximum atomic E-state index is 13.7. The first-order chi connectivity index (χ1) is 20.9. The summed E-state index contributed by atoms with van der Waals surface area (Å²) in [6.07, 6.45) is 1.40. The van der Waals surface area contributed by atoms with E-state index in [2.05, 4.69) is 26.5 Å². The van der Waals surface area contributed by atoms with Gasteiger partial charge in [-0.05, 0) is 95.0 Å². The van der Waals surface area contributed by atoms with Crippen molar-refractivity contribution in [2.45, 2.75) is 25.3 Å². The van der Waals surface area contributed by atoms with Gasteiger partial charge in [-0.15, -0.1) is 0 Å². The maximum Gasteiger partial charge on any atom is 0.264 e. The van der Waals surface area contributed by atoms with Crippen LogP contribution < -0.4 is 19.2 Å². The van der Waals surface area contributed by atoms with Crippen molar-refractivity contribution in [3.8, 4) is 11.5 Å². The van der Waals surface area contributed by atoms with Crippen LogP contribution >= 0.6 is 50.7 Å². The first-order valence-electron chi connectivity index (χ1n) is 13.0. The van der Waals surface area contributed by atoms with Crippen molar-refractivity contribution in [2.75, 3.05) is 18.0 Å². The van der Waals surface area contributed by atoms with Crippen LogP contribution in [0.15, 0.2) is 87.3 Å². The first-order valence-corrected chi connectivity index (χ1v) is 16.4. The molecule has 4 rings (SSSR count). The highest BCUT2D eigenvalue weighted by molar-refractivity contribution is 9.10. The molecule has 0 bridgehead atoms. The molecule has 0 unspecified atom stereocenters. The zero-order valence-electron chi connectivity index (χ0n) is 23.8. The largest absolute Gasteiger partial charge is 0.493 e. The van der Waals surface area contributed by atoms with Gasteiger partial charge in [-0.3, -0.25) is 9.10 Å². The molecule has 4 aromatic carbocycles. The quantitative estimate of drug-likeness (QED) is 0.124. The van der Waals surface area contributed by atoms with E-state index in [9.17, 15) is 13.2 Å². The summed E-state index contributed by atoms with van der Waals surface area (Å²) in [5.41, 5.74) is 5.60. The average molecular weight is 740 g/mol. The van der Waals surface area contributed by atoms with E-state index in [4.69, 9.17) is 44.3 Å². The van der Waals surface area contributed by atoms with E-state index in [1.165, 1.54) is 31.5 Å². The van der Waals surface area contributed by atoms with E-state index < -0.39 is 22.5 Å². The summed E-state index contributed by atoms with van der Waals surface area (Å²) in [7, 11) is -2.62. The number of methoxy groups -OCH3 is 1. The fourth-order valence-corrected chi connectivity index (χ4v) is 6.61. The van der Waals surface area contributed by atoms with E-state index in [1.807, 2.05) is 6.92 Å². The van der Waals surface area contributed by atoms with Crippen molar-refractivity contribution in [1.29, 1.82) is 0 Å². The molecule has 1 amide bonds. The van der Waals surface area contributed by atoms with Crippen LogP contribution in [0.2, 0.25) is 15.1 Å². The SMILES string of the molecule is COc1cc(/C=N\NC(=O)CN(c2cc(Cl)ccc2C)S(=O)(=O)c2ccc(C)cc2)cc(Br)c1OCc1ccc(Cl)c(Cl)c1. The number of nitrogens with zero attached hydrogens (tertiary/aromatic N) is 2. The molecule has 0 saturated heterocycles. The maximum absolute atomic E-state index is 13.7. The minimum atomic E-state index is -4.12. The number of rotatable bonds is 11. The molecule has 0 heterocycles. The molecule has 0 fully saturated rings. The lowest BCUT2D eigenvalue weighted by Gasteiger charge is -2.25. The number of anilines is 1. The number of hydrogen-bond acceptors (Lipinski definition) is 6. The number of carbonyl (C=O) groups is 1. The predicted octanol–water partition coefficient (Wildman–Crippen LogP) is 7.96. The smallest absolute Gasteiger partial charge is 0.264 e. The fourth-order valence-electron chi connectivity index (χ4n) is 4.07. The summed E-state index contributed by atoms with van der Waals surface area (Å²) in [4.78, 5) is 13.1. The molecule has 0 aliphatic heterocycles. The number of sulfonamides is 1. The molecule has 230 valence electrons. The van der Waals surface area contributed by atoms with Crippen molar-refractivity contribution in [2.24, 2.45) is 5.10 Å². The van der Waals surface area contributed by atoms with Crippen LogP contribution in [0.4, 0.5) is 5.69 Å². The summed E-state index contributed by atoms with van der Waals surface area (Å²) >= 11 is 21.8. The third-order valence-electron chi connectivity index (χ3n) is 6.36. The van der Waals surface area contributed by atoms with Gasteiger partial charge >= 0.3 is 0 Å². The number of carbonyl (C=O) groups excluding carboxylic acids is 1. The van der Waals surface area contributed by atoms with Crippen molar-refractivity contribution in [3.63, 3.8) is 0 Å². The van der Waals surface area contributed by atoms with E-state index in [1.54, 1.807) is 61.5 Å². The topological polar surface area (TPSA) is 97.3 Å². The van der Waals surface area contributed by atoms with Gasteiger partial charge in [0, 0.05) is 5.02 Å². The van der Waals surface area contributed by atoms with Gasteiger partial charge in [0.15, 0.2) is 11.5 Å². The average Bonchev–Trinajstić information content (AvgIpc) is 2.98. The van der Waals surface area contributed by atoms with Crippen molar-refractivity contribution in [3.05, 3.63) is 115 Å². The van der Waals surface area contributed by atoms with E-state index >= 15 is 0 Å². The van der Waals surface area contributed by atoms with Crippen LogP contribution in [-0.2, 0) is 21.4 Å². The Kier molecular flexibility index (Phi) is 11.2. The Labute approximate surface area is 279 Å². The first kappa shape index (κ1) is 33.6. The zero-order valence-corrected chi connectivity index (χ0v) is 28.4. The molecule has 0 saturated carbocycles. The number of hydrogen-bond donors (Lipinski definition) is 1. The Morgan fingerprint density at radius 2 is 1.70 bits per heavy atom. The Morgan fingerprint density at radius 3 is 2.39 bits per heavy atom. The Hall–Kier alpha value is -3.28. The second-order valence-electron chi connectivity index (χ2n) is 9.62. The second kappa shape index (κ2) is 14.7. The number of benzene rings is 4. The number of ether oxygens (including phenoxy) is 2. The fraction of sp³-hybridized carbons (Fsp3) is 0.161. The van der Waals surface area contributed by atoms with Gasteiger partial charge in [0.05, 0.1) is 38.4 Å². The highest BCUT2D eigenvalue weighted by atomic mass is 79.9. The van der Waals surface area contributed by atoms with Crippen molar-refractivity contribution >= 4 is 78.6 Å². The van der Waals surface area contributed by atoms with E-state index in [0.29, 0.717) is 42.2 Å². The lowest BCUT2D eigenvalue weighted by molar-refractivity contribution is -0.119. The zero-order chi connectivity index (χ0) is 32.0. The Bertz CT molecular complexity index is 1820. The second-order valence-corrected chi connectivity index (χ2v) is 13.6. The standard InChI is InChI=1S/C31H27BrCl3N3O5S/c1-19-4-9-24(10-5-19)44(40,41)38(28-15-23(33)8-6-20(28)2)17-30(39)37-36-16-22-12-25(32)31(29(14-22)42-3)43-18-21-7-11-26(34)27(35)13-21/h4-16H,17-18H2,1-3H3,(H,37,39)/b36-16-. The molecule has 13 heteroatoms. The van der Waals surface area contributed by atoms with Crippen LogP contribution in [-0.4, -0.2) is 34.2 Å². The predicted molar refractivity (Wildman–Crippen MR) is 179 cm³/mol. The highest BCUT2D eigenvalue weighted by Gasteiger charge is 2.28. The van der Waals surface area contributed by atoms with E-state index in [0.717, 1.165) is 15.4 Å². The molecule has 0 spiro atoms. The number of nitrogens with one attached hydrogen (secondary N) is 1. The van der Waals surface area contributed by atoms with Gasteiger partial charge in [0.2, 0.25) is 0 Å². The molecule has 0 atom stereocenters. The van der Waals surface area contributed by atoms with Crippen molar-refractivity contribution < 1.29 is 22.7 Å². The highest BCUT2D eigenvalue weighted by Crippen LogP contribution is 2.37. The minimum Gasteiger partial charge on any atom is -0.493 e. The van der Waals surface area contributed by atoms with Crippen LogP contribution in [0.1, 0.15) is 22.3 Å². The molecule has 1 N–H and O–H groups in total. The van der Waals surface area contributed by atoms with Gasteiger partial charge in [-0.25, -0.2) is 13.8 Å². The Balaban J connectivity index is 1.51. The lowest BCUT2D eigenvalue weighted by Crippen LogP contribution is -2.40. The molecule has 44 heavy (non-hydrogen) atoms. The number of halogens is 4. The minimum absolute atomic E-state index is 0.0391. The Morgan fingerprint density at radius 1 is 0.977 bits per heavy atom. The summed E-state index contributed by atoms with van der Waals surface area (Å²) < 4.78 is 40.4. The molecule has 0 radical (unpaired) electrons. The van der Waals surface area contributed by atoms with Crippen LogP contribution in [0.5, 0.6) is 11.5 Å². The third kappa shape index (κ3) is 8.25. The summed E-state index contributed by atoms with van der Waals surface area (Å²) in [5, 5.41) is 5.24. The third-order valence-corrected chi connectivity index (χ3v) is 9.70. The summed E-state index contributed by atoms with van der Waals surface area (Å²) in [6.45, 7) is 3.27. The molecule has 0 aromatic heterocycles. The molecule has 8 nitrogen and oxygen atoms in total. The molecule has 0 aliphatic carbocycles. The van der Waals surface area contributed by atoms with E-state index in [-0.39, 0.29) is 17.2 Å². The molecule has 0 aliphatic rings. The van der Waals surface area contributed by atoms with Gasteiger partial charge in [0.25, 0.3) is 15.9 Å². The number of hydrazone groups is 1. The van der Waals surface area contributed by atoms with Crippen LogP contribution in [0, 0.1) is 13.8 Å². The van der Waals surface area contributed by atoms with Gasteiger partial charge in [-0.2, -0.15) is 5.10 Å². The summed E-state index contributed by atoms with van der Waals surface area (Å²) in [6, 6.07) is 19.8. The molecular weight excluding hydrogens is 713 g/mol. The monoisotopic (exact) mass is 737 g/mol. The molecular formula is C31H27BrCl3N3O5S. The van der Waals surface area contributed by atoms with Gasteiger partial charge in [-0.1, -0.05) is 64.6 Å². The van der Waals surface area contributed by atoms with Crippen LogP contribution in [0.3, 0.4) is 0 Å². The lowest BCUT2D eigenvalue weighted by atomic mass is 10.2. The van der Waals surface area contributed by atoms with Crippen LogP contribution in [0.25, 0.3) is 0 Å². The van der Waals surface area contributed by atoms with Crippen molar-refractivity contribution in [1.82, 2.24) is 5.43 Å². The van der Waals surface area contributed by atoms with Gasteiger partial charge in [0.1, 0.15) is 13.2 Å². The molecule has 4 aromatic rings. The number of aryl methyl sites for hydroxylation is 2. The van der Waals surface area contributed by atoms with Gasteiger partial charge < -0.3 is 9.47 Å².